The third kappa shape index (κ3) is 1.30. The van der Waals surface area contributed by atoms with E-state index >= 15 is 0 Å². The maximum Gasteiger partial charge on any atom is 0.273 e. The first-order chi connectivity index (χ1) is 6.31. The first-order valence-electron chi connectivity index (χ1n) is 4.13. The van der Waals surface area contributed by atoms with Gasteiger partial charge in [0.1, 0.15) is 0 Å². The number of nitrogens with zero attached hydrogens (tertiary/aromatic N) is 2. The number of fused-ring (bicyclic) bond motifs is 1. The smallest absolute Gasteiger partial charge is 0.267 e. The van der Waals surface area contributed by atoms with Crippen molar-refractivity contribution >= 4 is 10.8 Å². The average Bonchev–Trinajstić information content (AvgIpc) is 2.18. The van der Waals surface area contributed by atoms with Gasteiger partial charge in [-0.15, -0.1) is 0 Å². The van der Waals surface area contributed by atoms with Crippen LogP contribution in [0.15, 0.2) is 23.3 Å². The Morgan fingerprint density at radius 2 is 2.31 bits per heavy atom. The second-order valence-electron chi connectivity index (χ2n) is 2.82. The predicted octanol–water partition coefficient (Wildman–Crippen LogP) is 0.880. The Balaban J connectivity index is 2.80. The van der Waals surface area contributed by atoms with Gasteiger partial charge in [-0.1, -0.05) is 6.92 Å². The van der Waals surface area contributed by atoms with Crippen LogP contribution < -0.4 is 5.56 Å². The molecule has 4 heteroatoms. The van der Waals surface area contributed by atoms with Gasteiger partial charge < -0.3 is 0 Å². The summed E-state index contributed by atoms with van der Waals surface area (Å²) in [6.07, 6.45) is 4.09. The number of aryl methyl sites for hydroxylation is 1. The Kier molecular flexibility index (Phi) is 1.81. The van der Waals surface area contributed by atoms with Crippen molar-refractivity contribution < 1.29 is 0 Å². The highest BCUT2D eigenvalue weighted by atomic mass is 16.1. The van der Waals surface area contributed by atoms with Gasteiger partial charge in [0.2, 0.25) is 0 Å². The monoisotopic (exact) mass is 175 g/mol. The molecule has 0 fully saturated rings. The first-order valence-corrected chi connectivity index (χ1v) is 4.13. The lowest BCUT2D eigenvalue weighted by Gasteiger charge is -1.97. The summed E-state index contributed by atoms with van der Waals surface area (Å²) in [7, 11) is 0. The maximum atomic E-state index is 11.2. The highest BCUT2D eigenvalue weighted by Crippen LogP contribution is 2.07. The maximum absolute atomic E-state index is 11.2. The molecule has 0 radical (unpaired) electrons. The number of rotatable bonds is 1. The van der Waals surface area contributed by atoms with E-state index in [1.807, 2.05) is 13.0 Å². The number of H-pyrrole nitrogens is 1. The molecular formula is C9H9N3O. The third-order valence-corrected chi connectivity index (χ3v) is 1.97. The summed E-state index contributed by atoms with van der Waals surface area (Å²) in [6, 6.07) is 1.89. The van der Waals surface area contributed by atoms with E-state index in [9.17, 15) is 4.79 Å². The van der Waals surface area contributed by atoms with Crippen LogP contribution in [0.2, 0.25) is 0 Å². The molecule has 0 unspecified atom stereocenters. The van der Waals surface area contributed by atoms with Crippen LogP contribution in [0, 0.1) is 0 Å². The van der Waals surface area contributed by atoms with Crippen molar-refractivity contribution in [3.05, 3.63) is 34.5 Å². The molecule has 1 N–H and O–H groups in total. The number of pyridine rings is 1. The lowest BCUT2D eigenvalue weighted by atomic mass is 10.2. The first kappa shape index (κ1) is 7.91. The lowest BCUT2D eigenvalue weighted by molar-refractivity contribution is 0.997. The van der Waals surface area contributed by atoms with Crippen LogP contribution >= 0.6 is 0 Å². The number of aromatic nitrogens is 3. The summed E-state index contributed by atoms with van der Waals surface area (Å²) < 4.78 is 0. The molecule has 2 aromatic rings. The molecule has 0 amide bonds. The van der Waals surface area contributed by atoms with E-state index in [2.05, 4.69) is 15.2 Å². The molecule has 0 atom stereocenters. The second-order valence-corrected chi connectivity index (χ2v) is 2.82. The Labute approximate surface area is 74.6 Å². The summed E-state index contributed by atoms with van der Waals surface area (Å²) in [4.78, 5) is 15.4. The van der Waals surface area contributed by atoms with E-state index in [4.69, 9.17) is 0 Å². The molecule has 0 aromatic carbocycles. The molecule has 0 saturated carbocycles. The highest BCUT2D eigenvalue weighted by Gasteiger charge is 1.99. The van der Waals surface area contributed by atoms with E-state index in [0.717, 1.165) is 17.5 Å². The van der Waals surface area contributed by atoms with Crippen molar-refractivity contribution in [3.8, 4) is 0 Å². The van der Waals surface area contributed by atoms with Crippen LogP contribution in [0.3, 0.4) is 0 Å². The number of hydrogen-bond donors (Lipinski definition) is 1. The van der Waals surface area contributed by atoms with Gasteiger partial charge in [0, 0.05) is 17.3 Å². The zero-order valence-corrected chi connectivity index (χ0v) is 7.24. The minimum absolute atomic E-state index is 0.187. The van der Waals surface area contributed by atoms with E-state index in [0.29, 0.717) is 5.39 Å². The average molecular weight is 175 g/mol. The van der Waals surface area contributed by atoms with E-state index in [1.165, 1.54) is 0 Å². The molecule has 0 aliphatic heterocycles. The molecule has 0 spiro atoms. The molecule has 0 bridgehead atoms. The van der Waals surface area contributed by atoms with Crippen molar-refractivity contribution in [3.63, 3.8) is 0 Å². The van der Waals surface area contributed by atoms with Crippen LogP contribution in [0.4, 0.5) is 0 Å². The summed E-state index contributed by atoms with van der Waals surface area (Å²) in [5.74, 6) is 0. The van der Waals surface area contributed by atoms with Gasteiger partial charge in [-0.3, -0.25) is 9.78 Å². The molecule has 2 rings (SSSR count). The molecule has 66 valence electrons. The predicted molar refractivity (Wildman–Crippen MR) is 49.5 cm³/mol. The van der Waals surface area contributed by atoms with E-state index in [-0.39, 0.29) is 5.56 Å². The van der Waals surface area contributed by atoms with Crippen LogP contribution in [-0.2, 0) is 6.42 Å². The van der Waals surface area contributed by atoms with Gasteiger partial charge in [-0.2, -0.15) is 5.10 Å². The SMILES string of the molecule is CCc1cc2cn[nH]c(=O)c2cn1. The fourth-order valence-corrected chi connectivity index (χ4v) is 1.23. The van der Waals surface area contributed by atoms with Crippen molar-refractivity contribution in [2.75, 3.05) is 0 Å². The fourth-order valence-electron chi connectivity index (χ4n) is 1.23. The van der Waals surface area contributed by atoms with Gasteiger partial charge in [0.25, 0.3) is 5.56 Å². The van der Waals surface area contributed by atoms with Crippen LogP contribution in [0.25, 0.3) is 10.8 Å². The van der Waals surface area contributed by atoms with Gasteiger partial charge in [-0.05, 0) is 12.5 Å². The minimum Gasteiger partial charge on any atom is -0.267 e. The molecule has 4 nitrogen and oxygen atoms in total. The minimum atomic E-state index is -0.187. The van der Waals surface area contributed by atoms with Gasteiger partial charge in [-0.25, -0.2) is 5.10 Å². The largest absolute Gasteiger partial charge is 0.273 e. The molecule has 13 heavy (non-hydrogen) atoms. The summed E-state index contributed by atoms with van der Waals surface area (Å²) in [6.45, 7) is 2.02. The standard InChI is InChI=1S/C9H9N3O/c1-2-7-3-6-4-11-12-9(13)8(6)5-10-7/h3-5H,2H2,1H3,(H,12,13). The lowest BCUT2D eigenvalue weighted by Crippen LogP contribution is -2.07. The Bertz CT molecular complexity index is 489. The summed E-state index contributed by atoms with van der Waals surface area (Å²) in [5, 5.41) is 7.52. The van der Waals surface area contributed by atoms with Crippen LogP contribution in [0.5, 0.6) is 0 Å². The molecule has 2 heterocycles. The second kappa shape index (κ2) is 2.97. The normalized spacial score (nSPS) is 10.5. The topological polar surface area (TPSA) is 58.6 Å². The third-order valence-electron chi connectivity index (χ3n) is 1.97. The number of aromatic amines is 1. The van der Waals surface area contributed by atoms with Crippen molar-refractivity contribution in [1.29, 1.82) is 0 Å². The Morgan fingerprint density at radius 1 is 1.46 bits per heavy atom. The van der Waals surface area contributed by atoms with Crippen LogP contribution in [-0.4, -0.2) is 15.2 Å². The fraction of sp³-hybridized carbons (Fsp3) is 0.222. The van der Waals surface area contributed by atoms with Gasteiger partial charge in [0.15, 0.2) is 0 Å². The molecule has 0 aliphatic carbocycles. The van der Waals surface area contributed by atoms with Crippen LogP contribution in [0.1, 0.15) is 12.6 Å². The van der Waals surface area contributed by atoms with Gasteiger partial charge >= 0.3 is 0 Å². The zero-order valence-electron chi connectivity index (χ0n) is 7.24. The van der Waals surface area contributed by atoms with E-state index in [1.54, 1.807) is 12.4 Å². The Morgan fingerprint density at radius 3 is 3.08 bits per heavy atom. The van der Waals surface area contributed by atoms with Gasteiger partial charge in [0.05, 0.1) is 11.6 Å². The molecule has 2 aromatic heterocycles. The Hall–Kier alpha value is -1.71. The van der Waals surface area contributed by atoms with E-state index < -0.39 is 0 Å². The quantitative estimate of drug-likeness (QED) is 0.699. The highest BCUT2D eigenvalue weighted by molar-refractivity contribution is 5.79. The van der Waals surface area contributed by atoms with Crippen molar-refractivity contribution in [2.24, 2.45) is 0 Å². The summed E-state index contributed by atoms with van der Waals surface area (Å²) >= 11 is 0. The van der Waals surface area contributed by atoms with Crippen molar-refractivity contribution in [2.45, 2.75) is 13.3 Å². The molecule has 0 aliphatic rings. The zero-order chi connectivity index (χ0) is 9.26. The number of hydrogen-bond acceptors (Lipinski definition) is 3. The van der Waals surface area contributed by atoms with Crippen molar-refractivity contribution in [1.82, 2.24) is 15.2 Å². The molecular weight excluding hydrogens is 166 g/mol. The summed E-state index contributed by atoms with van der Waals surface area (Å²) in [5.41, 5.74) is 0.785. The molecule has 0 saturated heterocycles. The number of nitrogens with one attached hydrogen (secondary N) is 1.